The predicted octanol–water partition coefficient (Wildman–Crippen LogP) is 0.465. The average molecular weight is 294 g/mol. The van der Waals surface area contributed by atoms with E-state index in [0.717, 1.165) is 0 Å². The van der Waals surface area contributed by atoms with Crippen molar-refractivity contribution in [2.24, 2.45) is 12.5 Å². The predicted molar refractivity (Wildman–Crippen MR) is 66.8 cm³/mol. The highest BCUT2D eigenvalue weighted by Gasteiger charge is 2.44. The van der Waals surface area contributed by atoms with Gasteiger partial charge in [-0.3, -0.25) is 4.68 Å². The number of aliphatic hydroxyl groups excluding tert-OH is 1. The third kappa shape index (κ3) is 2.05. The number of β-amino-alcohol motifs (C(OH)–C–C–N with tert-alkyl or cyclic N) is 1. The topological polar surface area (TPSA) is 75.4 Å². The van der Waals surface area contributed by atoms with Gasteiger partial charge >= 0.3 is 0 Å². The summed E-state index contributed by atoms with van der Waals surface area (Å²) in [6.45, 7) is 4.00. The van der Waals surface area contributed by atoms with E-state index in [4.69, 9.17) is 11.6 Å². The van der Waals surface area contributed by atoms with Crippen molar-refractivity contribution < 1.29 is 13.5 Å². The Hall–Kier alpha value is -0.630. The number of rotatable bonds is 2. The maximum atomic E-state index is 12.4. The van der Waals surface area contributed by atoms with Gasteiger partial charge in [-0.1, -0.05) is 25.4 Å². The number of halogens is 1. The minimum absolute atomic E-state index is 0.0333. The second-order valence-electron chi connectivity index (χ2n) is 5.22. The third-order valence-electron chi connectivity index (χ3n) is 3.29. The molecular formula is C10H16ClN3O3S. The van der Waals surface area contributed by atoms with Gasteiger partial charge in [-0.2, -0.15) is 9.40 Å². The Morgan fingerprint density at radius 3 is 2.56 bits per heavy atom. The van der Waals surface area contributed by atoms with E-state index >= 15 is 0 Å². The van der Waals surface area contributed by atoms with Gasteiger partial charge in [0, 0.05) is 25.6 Å². The van der Waals surface area contributed by atoms with Crippen molar-refractivity contribution in [2.45, 2.75) is 25.0 Å². The maximum Gasteiger partial charge on any atom is 0.261 e. The van der Waals surface area contributed by atoms with Crippen LogP contribution in [0.25, 0.3) is 0 Å². The van der Waals surface area contributed by atoms with Gasteiger partial charge in [0.15, 0.2) is 5.03 Å². The second-order valence-corrected chi connectivity index (χ2v) is 7.48. The molecule has 1 atom stereocenters. The van der Waals surface area contributed by atoms with Crippen LogP contribution in [0.1, 0.15) is 13.8 Å². The van der Waals surface area contributed by atoms with Crippen molar-refractivity contribution in [2.75, 3.05) is 13.1 Å². The van der Waals surface area contributed by atoms with Crippen molar-refractivity contribution in [3.8, 4) is 0 Å². The Kier molecular flexibility index (Phi) is 3.21. The van der Waals surface area contributed by atoms with Crippen LogP contribution in [0.15, 0.2) is 11.2 Å². The van der Waals surface area contributed by atoms with Gasteiger partial charge in [0.2, 0.25) is 0 Å². The van der Waals surface area contributed by atoms with Gasteiger partial charge in [-0.05, 0) is 0 Å². The fourth-order valence-electron chi connectivity index (χ4n) is 2.06. The number of nitrogens with zero attached hydrogens (tertiary/aromatic N) is 3. The number of aromatic nitrogens is 2. The van der Waals surface area contributed by atoms with Crippen LogP contribution in [0.3, 0.4) is 0 Å². The van der Waals surface area contributed by atoms with E-state index < -0.39 is 21.5 Å². The fraction of sp³-hybridized carbons (Fsp3) is 0.700. The standard InChI is InChI=1S/C10H16ClN3O3S/c1-10(2)6-14(5-8(10)15)18(16,17)9-7(11)4-12-13(9)3/h4,8,15H,5-6H2,1-3H3. The molecule has 0 aliphatic carbocycles. The minimum Gasteiger partial charge on any atom is -0.391 e. The summed E-state index contributed by atoms with van der Waals surface area (Å²) in [5.41, 5.74) is -0.460. The summed E-state index contributed by atoms with van der Waals surface area (Å²) < 4.78 is 27.4. The number of aliphatic hydroxyl groups is 1. The lowest BCUT2D eigenvalue weighted by atomic mass is 9.90. The van der Waals surface area contributed by atoms with Crippen LogP contribution in [-0.2, 0) is 17.1 Å². The van der Waals surface area contributed by atoms with Crippen molar-refractivity contribution in [1.82, 2.24) is 14.1 Å². The molecule has 1 unspecified atom stereocenters. The summed E-state index contributed by atoms with van der Waals surface area (Å²) in [5.74, 6) is 0. The minimum atomic E-state index is -3.72. The second kappa shape index (κ2) is 4.19. The van der Waals surface area contributed by atoms with Gasteiger partial charge in [0.05, 0.1) is 17.3 Å². The molecule has 0 aromatic carbocycles. The molecule has 2 heterocycles. The van der Waals surface area contributed by atoms with Crippen molar-refractivity contribution in [3.05, 3.63) is 11.2 Å². The van der Waals surface area contributed by atoms with E-state index in [-0.39, 0.29) is 23.1 Å². The average Bonchev–Trinajstić information content (AvgIpc) is 2.69. The summed E-state index contributed by atoms with van der Waals surface area (Å²) in [7, 11) is -2.19. The largest absolute Gasteiger partial charge is 0.391 e. The molecular weight excluding hydrogens is 278 g/mol. The number of sulfonamides is 1. The van der Waals surface area contributed by atoms with Crippen molar-refractivity contribution >= 4 is 21.6 Å². The Bertz CT molecular complexity index is 547. The lowest BCUT2D eigenvalue weighted by molar-refractivity contribution is 0.0960. The first-order chi connectivity index (χ1) is 8.16. The van der Waals surface area contributed by atoms with Crippen LogP contribution < -0.4 is 0 Å². The van der Waals surface area contributed by atoms with E-state index in [1.54, 1.807) is 0 Å². The number of hydrogen-bond donors (Lipinski definition) is 1. The highest BCUT2D eigenvalue weighted by atomic mass is 35.5. The molecule has 1 aliphatic rings. The smallest absolute Gasteiger partial charge is 0.261 e. The molecule has 0 amide bonds. The zero-order valence-electron chi connectivity index (χ0n) is 10.5. The monoisotopic (exact) mass is 293 g/mol. The molecule has 0 spiro atoms. The van der Waals surface area contributed by atoms with Gasteiger partial charge in [0.1, 0.15) is 0 Å². The first-order valence-corrected chi connectivity index (χ1v) is 7.34. The molecule has 1 fully saturated rings. The zero-order chi connectivity index (χ0) is 13.7. The van der Waals surface area contributed by atoms with Crippen LogP contribution >= 0.6 is 11.6 Å². The molecule has 6 nitrogen and oxygen atoms in total. The molecule has 0 radical (unpaired) electrons. The zero-order valence-corrected chi connectivity index (χ0v) is 12.0. The lowest BCUT2D eigenvalue weighted by Crippen LogP contribution is -2.31. The van der Waals surface area contributed by atoms with Crippen LogP contribution in [0.2, 0.25) is 5.02 Å². The Morgan fingerprint density at radius 1 is 1.56 bits per heavy atom. The van der Waals surface area contributed by atoms with Gasteiger partial charge < -0.3 is 5.11 Å². The summed E-state index contributed by atoms with van der Waals surface area (Å²) in [4.78, 5) is 0. The Labute approximate surface area is 111 Å². The van der Waals surface area contributed by atoms with Crippen molar-refractivity contribution in [1.29, 1.82) is 0 Å². The molecule has 102 valence electrons. The van der Waals surface area contributed by atoms with Crippen LogP contribution in [0.5, 0.6) is 0 Å². The van der Waals surface area contributed by atoms with E-state index in [0.29, 0.717) is 0 Å². The summed E-state index contributed by atoms with van der Waals surface area (Å²) in [6, 6.07) is 0. The van der Waals surface area contributed by atoms with Gasteiger partial charge in [0.25, 0.3) is 10.0 Å². The van der Waals surface area contributed by atoms with E-state index in [1.165, 1.54) is 22.2 Å². The molecule has 2 rings (SSSR count). The fourth-order valence-corrected chi connectivity index (χ4v) is 4.28. The van der Waals surface area contributed by atoms with Crippen LogP contribution in [0.4, 0.5) is 0 Å². The normalized spacial score (nSPS) is 24.6. The van der Waals surface area contributed by atoms with Crippen LogP contribution in [-0.4, -0.2) is 46.8 Å². The third-order valence-corrected chi connectivity index (χ3v) is 5.61. The van der Waals surface area contributed by atoms with Crippen molar-refractivity contribution in [3.63, 3.8) is 0 Å². The Balaban J connectivity index is 2.41. The lowest BCUT2D eigenvalue weighted by Gasteiger charge is -2.21. The van der Waals surface area contributed by atoms with E-state index in [1.807, 2.05) is 13.8 Å². The molecule has 1 saturated heterocycles. The Morgan fingerprint density at radius 2 is 2.17 bits per heavy atom. The molecule has 0 saturated carbocycles. The highest BCUT2D eigenvalue weighted by molar-refractivity contribution is 7.89. The summed E-state index contributed by atoms with van der Waals surface area (Å²) >= 11 is 5.86. The van der Waals surface area contributed by atoms with Gasteiger partial charge in [-0.15, -0.1) is 0 Å². The quantitative estimate of drug-likeness (QED) is 0.860. The molecule has 0 bridgehead atoms. The summed E-state index contributed by atoms with van der Waals surface area (Å²) in [6.07, 6.45) is 0.616. The molecule has 18 heavy (non-hydrogen) atoms. The SMILES string of the molecule is Cn1ncc(Cl)c1S(=O)(=O)N1CC(O)C(C)(C)C1. The number of hydrogen-bond acceptors (Lipinski definition) is 4. The molecule has 8 heteroatoms. The first-order valence-electron chi connectivity index (χ1n) is 5.52. The molecule has 1 aliphatic heterocycles. The molecule has 1 aromatic rings. The first kappa shape index (κ1) is 13.8. The number of aryl methyl sites for hydroxylation is 1. The molecule has 1 aromatic heterocycles. The van der Waals surface area contributed by atoms with E-state index in [2.05, 4.69) is 5.10 Å². The van der Waals surface area contributed by atoms with Crippen LogP contribution in [0, 0.1) is 5.41 Å². The van der Waals surface area contributed by atoms with E-state index in [9.17, 15) is 13.5 Å². The highest BCUT2D eigenvalue weighted by Crippen LogP contribution is 2.34. The molecule has 1 N–H and O–H groups in total. The maximum absolute atomic E-state index is 12.4. The summed E-state index contributed by atoms with van der Waals surface area (Å²) in [5, 5.41) is 13.8. The van der Waals surface area contributed by atoms with Gasteiger partial charge in [-0.25, -0.2) is 8.42 Å².